The fourth-order valence-corrected chi connectivity index (χ4v) is 3.20. The average Bonchev–Trinajstić information content (AvgIpc) is 2.72. The Bertz CT molecular complexity index is 844. The van der Waals surface area contributed by atoms with E-state index >= 15 is 0 Å². The zero-order valence-electron chi connectivity index (χ0n) is 17.3. The standard InChI is InChI=1S/C20H27F3N6O2/c1-28-8-10-29(11-9-28)7-5-24-18-14-17(26-19(27-18)25-6-12-30)15-3-2-4-16(13-15)31-20(21,22)23/h2-4,13-14,30H,5-12H2,1H3,(H2,24,25,26,27). The summed E-state index contributed by atoms with van der Waals surface area (Å²) in [6.07, 6.45) is -4.77. The number of anilines is 2. The lowest BCUT2D eigenvalue weighted by Crippen LogP contribution is -2.45. The number of rotatable bonds is 9. The lowest BCUT2D eigenvalue weighted by Gasteiger charge is -2.32. The monoisotopic (exact) mass is 440 g/mol. The highest BCUT2D eigenvalue weighted by atomic mass is 19.4. The summed E-state index contributed by atoms with van der Waals surface area (Å²) in [5.41, 5.74) is 0.892. The summed E-state index contributed by atoms with van der Waals surface area (Å²) >= 11 is 0. The number of aliphatic hydroxyl groups excluding tert-OH is 1. The molecule has 1 fully saturated rings. The van der Waals surface area contributed by atoms with E-state index in [1.165, 1.54) is 18.2 Å². The Kier molecular flexibility index (Phi) is 7.88. The van der Waals surface area contributed by atoms with Gasteiger partial charge in [0.1, 0.15) is 11.6 Å². The van der Waals surface area contributed by atoms with Gasteiger partial charge in [-0.05, 0) is 19.2 Å². The Morgan fingerprint density at radius 2 is 1.84 bits per heavy atom. The normalized spacial score (nSPS) is 15.6. The molecule has 3 rings (SSSR count). The number of nitrogens with one attached hydrogen (secondary N) is 2. The Balaban J connectivity index is 1.73. The van der Waals surface area contributed by atoms with Crippen LogP contribution < -0.4 is 15.4 Å². The van der Waals surface area contributed by atoms with E-state index < -0.39 is 6.36 Å². The van der Waals surface area contributed by atoms with Crippen LogP contribution in [0.25, 0.3) is 11.3 Å². The average molecular weight is 440 g/mol. The number of piperazine rings is 1. The molecule has 3 N–H and O–H groups in total. The number of benzene rings is 1. The Morgan fingerprint density at radius 3 is 2.55 bits per heavy atom. The molecule has 11 heteroatoms. The molecule has 0 bridgehead atoms. The molecule has 170 valence electrons. The molecule has 1 aromatic carbocycles. The fourth-order valence-electron chi connectivity index (χ4n) is 3.20. The van der Waals surface area contributed by atoms with Crippen LogP contribution >= 0.6 is 0 Å². The number of aliphatic hydroxyl groups is 1. The number of ether oxygens (including phenoxy) is 1. The summed E-state index contributed by atoms with van der Waals surface area (Å²) in [4.78, 5) is 13.4. The van der Waals surface area contributed by atoms with Gasteiger partial charge >= 0.3 is 6.36 Å². The van der Waals surface area contributed by atoms with Crippen molar-refractivity contribution in [3.05, 3.63) is 30.3 Å². The van der Waals surface area contributed by atoms with Crippen molar-refractivity contribution in [2.45, 2.75) is 6.36 Å². The SMILES string of the molecule is CN1CCN(CCNc2cc(-c3cccc(OC(F)(F)F)c3)nc(NCCO)n2)CC1. The molecule has 0 spiro atoms. The van der Waals surface area contributed by atoms with Crippen molar-refractivity contribution < 1.29 is 23.0 Å². The van der Waals surface area contributed by atoms with E-state index in [2.05, 4.69) is 42.2 Å². The van der Waals surface area contributed by atoms with Gasteiger partial charge in [-0.2, -0.15) is 4.98 Å². The summed E-state index contributed by atoms with van der Waals surface area (Å²) in [7, 11) is 2.10. The third-order valence-corrected chi connectivity index (χ3v) is 4.81. The highest BCUT2D eigenvalue weighted by Gasteiger charge is 2.31. The topological polar surface area (TPSA) is 85.8 Å². The number of halogens is 3. The minimum absolute atomic E-state index is 0.103. The zero-order chi connectivity index (χ0) is 22.3. The number of hydrogen-bond donors (Lipinski definition) is 3. The van der Waals surface area contributed by atoms with Crippen LogP contribution in [-0.4, -0.2) is 90.7 Å². The predicted octanol–water partition coefficient (Wildman–Crippen LogP) is 2.11. The minimum Gasteiger partial charge on any atom is -0.406 e. The van der Waals surface area contributed by atoms with Crippen molar-refractivity contribution in [3.8, 4) is 17.0 Å². The number of nitrogens with zero attached hydrogens (tertiary/aromatic N) is 4. The van der Waals surface area contributed by atoms with Gasteiger partial charge < -0.3 is 25.4 Å². The van der Waals surface area contributed by atoms with Gasteiger partial charge in [0, 0.05) is 57.4 Å². The Hall–Kier alpha value is -2.63. The van der Waals surface area contributed by atoms with Crippen LogP contribution in [-0.2, 0) is 0 Å². The molecular weight excluding hydrogens is 413 g/mol. The van der Waals surface area contributed by atoms with Crippen molar-refractivity contribution in [1.82, 2.24) is 19.8 Å². The van der Waals surface area contributed by atoms with Crippen LogP contribution in [0.4, 0.5) is 24.9 Å². The zero-order valence-corrected chi connectivity index (χ0v) is 17.3. The first-order valence-electron chi connectivity index (χ1n) is 10.1. The largest absolute Gasteiger partial charge is 0.573 e. The van der Waals surface area contributed by atoms with Gasteiger partial charge in [0.05, 0.1) is 12.3 Å². The molecule has 0 unspecified atom stereocenters. The lowest BCUT2D eigenvalue weighted by atomic mass is 10.1. The van der Waals surface area contributed by atoms with Gasteiger partial charge in [0.2, 0.25) is 5.95 Å². The molecule has 1 aromatic heterocycles. The molecule has 0 radical (unpaired) electrons. The molecule has 31 heavy (non-hydrogen) atoms. The maximum atomic E-state index is 12.6. The third-order valence-electron chi connectivity index (χ3n) is 4.81. The highest BCUT2D eigenvalue weighted by Crippen LogP contribution is 2.28. The van der Waals surface area contributed by atoms with Gasteiger partial charge in [-0.1, -0.05) is 12.1 Å². The first kappa shape index (κ1) is 23.0. The predicted molar refractivity (Wildman–Crippen MR) is 112 cm³/mol. The van der Waals surface area contributed by atoms with Crippen LogP contribution in [0.5, 0.6) is 5.75 Å². The maximum Gasteiger partial charge on any atom is 0.573 e. The van der Waals surface area contributed by atoms with Crippen molar-refractivity contribution >= 4 is 11.8 Å². The van der Waals surface area contributed by atoms with E-state index in [4.69, 9.17) is 5.11 Å². The second kappa shape index (κ2) is 10.6. The number of aromatic nitrogens is 2. The van der Waals surface area contributed by atoms with Crippen LogP contribution in [0.15, 0.2) is 30.3 Å². The molecule has 0 amide bonds. The third kappa shape index (κ3) is 7.53. The Morgan fingerprint density at radius 1 is 1.06 bits per heavy atom. The van der Waals surface area contributed by atoms with Crippen LogP contribution in [0.2, 0.25) is 0 Å². The van der Waals surface area contributed by atoms with Crippen molar-refractivity contribution in [3.63, 3.8) is 0 Å². The van der Waals surface area contributed by atoms with Crippen molar-refractivity contribution in [2.75, 3.05) is 70.1 Å². The number of likely N-dealkylation sites (N-methyl/N-ethyl adjacent to an activating group) is 1. The first-order chi connectivity index (χ1) is 14.8. The number of hydrogen-bond acceptors (Lipinski definition) is 8. The molecule has 8 nitrogen and oxygen atoms in total. The van der Waals surface area contributed by atoms with Crippen molar-refractivity contribution in [1.29, 1.82) is 0 Å². The molecule has 0 aliphatic carbocycles. The van der Waals surface area contributed by atoms with Crippen molar-refractivity contribution in [2.24, 2.45) is 0 Å². The summed E-state index contributed by atoms with van der Waals surface area (Å²) in [6.45, 7) is 5.73. The quantitative estimate of drug-likeness (QED) is 0.547. The smallest absolute Gasteiger partial charge is 0.406 e. The van der Waals surface area contributed by atoms with E-state index in [1.54, 1.807) is 12.1 Å². The van der Waals surface area contributed by atoms with E-state index in [0.717, 1.165) is 32.7 Å². The van der Waals surface area contributed by atoms with E-state index in [9.17, 15) is 13.2 Å². The molecule has 0 atom stereocenters. The summed E-state index contributed by atoms with van der Waals surface area (Å²) in [5.74, 6) is 0.496. The van der Waals surface area contributed by atoms with E-state index in [-0.39, 0.29) is 24.8 Å². The Labute approximate surface area is 179 Å². The summed E-state index contributed by atoms with van der Waals surface area (Å²) in [6, 6.07) is 7.31. The summed E-state index contributed by atoms with van der Waals surface area (Å²) in [5, 5.41) is 15.2. The summed E-state index contributed by atoms with van der Waals surface area (Å²) < 4.78 is 41.7. The first-order valence-corrected chi connectivity index (χ1v) is 10.1. The van der Waals surface area contributed by atoms with Gasteiger partial charge in [0.25, 0.3) is 0 Å². The maximum absolute atomic E-state index is 12.6. The molecule has 1 saturated heterocycles. The molecule has 0 saturated carbocycles. The second-order valence-corrected chi connectivity index (χ2v) is 7.26. The molecule has 2 aromatic rings. The van der Waals surface area contributed by atoms with E-state index in [0.29, 0.717) is 23.6 Å². The van der Waals surface area contributed by atoms with E-state index in [1.807, 2.05) is 0 Å². The minimum atomic E-state index is -4.77. The van der Waals surface area contributed by atoms with Gasteiger partial charge in [-0.3, -0.25) is 4.90 Å². The molecular formula is C20H27F3N6O2. The fraction of sp³-hybridized carbons (Fsp3) is 0.500. The lowest BCUT2D eigenvalue weighted by molar-refractivity contribution is -0.274. The van der Waals surface area contributed by atoms with Gasteiger partial charge in [-0.15, -0.1) is 13.2 Å². The van der Waals surface area contributed by atoms with Crippen LogP contribution in [0, 0.1) is 0 Å². The molecule has 1 aliphatic heterocycles. The molecule has 1 aliphatic rings. The number of alkyl halides is 3. The molecule has 2 heterocycles. The van der Waals surface area contributed by atoms with Gasteiger partial charge in [-0.25, -0.2) is 4.98 Å². The van der Waals surface area contributed by atoms with Crippen LogP contribution in [0.3, 0.4) is 0 Å². The van der Waals surface area contributed by atoms with Gasteiger partial charge in [0.15, 0.2) is 0 Å². The highest BCUT2D eigenvalue weighted by molar-refractivity contribution is 5.65. The second-order valence-electron chi connectivity index (χ2n) is 7.26. The van der Waals surface area contributed by atoms with Crippen LogP contribution in [0.1, 0.15) is 0 Å².